The Balaban J connectivity index is 1.88. The first-order valence-corrected chi connectivity index (χ1v) is 12.2. The first-order chi connectivity index (χ1) is 13.5. The summed E-state index contributed by atoms with van der Waals surface area (Å²) in [7, 11) is -7.82. The fraction of sp³-hybridized carbons (Fsp3) is 0.400. The van der Waals surface area contributed by atoms with Crippen molar-refractivity contribution in [3.8, 4) is 11.5 Å². The number of rotatable bonds is 7. The predicted molar refractivity (Wildman–Crippen MR) is 109 cm³/mol. The number of para-hydroxylation sites is 1. The van der Waals surface area contributed by atoms with E-state index in [1.165, 1.54) is 34.6 Å². The monoisotopic (exact) mass is 439 g/mol. The molecule has 0 saturated carbocycles. The Labute approximate surface area is 172 Å². The second kappa shape index (κ2) is 7.62. The van der Waals surface area contributed by atoms with Gasteiger partial charge in [0.15, 0.2) is 11.5 Å². The van der Waals surface area contributed by atoms with E-state index in [1.807, 2.05) is 19.9 Å². The lowest BCUT2D eigenvalue weighted by Crippen LogP contribution is -2.30. The normalized spacial score (nSPS) is 15.8. The van der Waals surface area contributed by atoms with Gasteiger partial charge in [-0.05, 0) is 44.2 Å². The number of sulfonamides is 1. The van der Waals surface area contributed by atoms with Gasteiger partial charge < -0.3 is 8.92 Å². The summed E-state index contributed by atoms with van der Waals surface area (Å²) in [5.41, 5.74) is 0.440. The van der Waals surface area contributed by atoms with Crippen LogP contribution in [0.25, 0.3) is 0 Å². The van der Waals surface area contributed by atoms with Crippen molar-refractivity contribution in [1.29, 1.82) is 0 Å². The molecule has 2 aromatic carbocycles. The minimum Gasteiger partial charge on any atom is -0.483 e. The average molecular weight is 440 g/mol. The number of nitrogens with zero attached hydrogens (tertiary/aromatic N) is 1. The Kier molecular flexibility index (Phi) is 5.68. The molecular weight excluding hydrogens is 414 g/mol. The Morgan fingerprint density at radius 3 is 2.14 bits per heavy atom. The maximum atomic E-state index is 12.7. The average Bonchev–Trinajstić information content (AvgIpc) is 2.97. The summed E-state index contributed by atoms with van der Waals surface area (Å²) >= 11 is 0. The van der Waals surface area contributed by atoms with Crippen LogP contribution in [0.4, 0.5) is 0 Å². The van der Waals surface area contributed by atoms with Crippen molar-refractivity contribution in [2.45, 2.75) is 49.5 Å². The van der Waals surface area contributed by atoms with E-state index >= 15 is 0 Å². The summed E-state index contributed by atoms with van der Waals surface area (Å²) < 4.78 is 63.1. The van der Waals surface area contributed by atoms with E-state index in [9.17, 15) is 16.8 Å². The van der Waals surface area contributed by atoms with Crippen LogP contribution in [0.5, 0.6) is 11.5 Å². The predicted octanol–water partition coefficient (Wildman–Crippen LogP) is 3.20. The number of hydrogen-bond acceptors (Lipinski definition) is 6. The third-order valence-electron chi connectivity index (χ3n) is 4.71. The Morgan fingerprint density at radius 2 is 1.55 bits per heavy atom. The van der Waals surface area contributed by atoms with Gasteiger partial charge in [0.1, 0.15) is 10.5 Å². The fourth-order valence-electron chi connectivity index (χ4n) is 3.31. The third kappa shape index (κ3) is 4.26. The number of fused-ring (bicyclic) bond motifs is 1. The molecule has 0 N–H and O–H groups in total. The molecule has 0 saturated heterocycles. The van der Waals surface area contributed by atoms with Crippen LogP contribution in [0.1, 0.15) is 33.3 Å². The van der Waals surface area contributed by atoms with Gasteiger partial charge in [0.25, 0.3) is 0 Å². The first kappa shape index (κ1) is 21.6. The van der Waals surface area contributed by atoms with Crippen molar-refractivity contribution in [2.75, 3.05) is 13.1 Å². The quantitative estimate of drug-likeness (QED) is 0.616. The lowest BCUT2D eigenvalue weighted by Gasteiger charge is -2.19. The molecule has 0 radical (unpaired) electrons. The second-order valence-corrected chi connectivity index (χ2v) is 10.9. The maximum Gasteiger partial charge on any atom is 0.339 e. The molecule has 158 valence electrons. The van der Waals surface area contributed by atoms with Gasteiger partial charge in [-0.15, -0.1) is 0 Å². The molecule has 7 nitrogen and oxygen atoms in total. The Bertz CT molecular complexity index is 1100. The smallest absolute Gasteiger partial charge is 0.339 e. The zero-order valence-electron chi connectivity index (χ0n) is 16.9. The van der Waals surface area contributed by atoms with Crippen LogP contribution in [-0.4, -0.2) is 39.8 Å². The summed E-state index contributed by atoms with van der Waals surface area (Å²) in [5.74, 6) is 0.537. The van der Waals surface area contributed by atoms with Gasteiger partial charge in [0.2, 0.25) is 10.0 Å². The molecular formula is C20H25NO6S2. The van der Waals surface area contributed by atoms with Crippen LogP contribution in [0, 0.1) is 0 Å². The molecule has 0 amide bonds. The molecule has 3 rings (SSSR count). The fourth-order valence-corrected chi connectivity index (χ4v) is 5.70. The van der Waals surface area contributed by atoms with Crippen LogP contribution in [0.2, 0.25) is 0 Å². The summed E-state index contributed by atoms with van der Waals surface area (Å²) in [6.07, 6.45) is 0.650. The molecule has 0 aliphatic carbocycles. The van der Waals surface area contributed by atoms with Crippen LogP contribution >= 0.6 is 0 Å². The van der Waals surface area contributed by atoms with Crippen LogP contribution in [0.3, 0.4) is 0 Å². The zero-order valence-corrected chi connectivity index (χ0v) is 18.5. The second-order valence-electron chi connectivity index (χ2n) is 7.38. The van der Waals surface area contributed by atoms with Gasteiger partial charge >= 0.3 is 10.1 Å². The van der Waals surface area contributed by atoms with Gasteiger partial charge in [0.05, 0.1) is 4.90 Å². The van der Waals surface area contributed by atoms with E-state index in [0.717, 1.165) is 5.56 Å². The molecule has 0 fully saturated rings. The Hall–Kier alpha value is -2.10. The van der Waals surface area contributed by atoms with Gasteiger partial charge in [0, 0.05) is 25.1 Å². The molecule has 29 heavy (non-hydrogen) atoms. The first-order valence-electron chi connectivity index (χ1n) is 9.36. The van der Waals surface area contributed by atoms with Crippen molar-refractivity contribution in [3.05, 3.63) is 48.0 Å². The summed E-state index contributed by atoms with van der Waals surface area (Å²) in [5, 5.41) is 0. The SMILES string of the molecule is CCN(CC)S(=O)(=O)c1ccc(S(=O)(=O)Oc2cccc3c2OC(C)(C)C3)cc1. The zero-order chi connectivity index (χ0) is 21.4. The highest BCUT2D eigenvalue weighted by molar-refractivity contribution is 7.89. The highest BCUT2D eigenvalue weighted by Gasteiger charge is 2.33. The maximum absolute atomic E-state index is 12.7. The topological polar surface area (TPSA) is 90.0 Å². The van der Waals surface area contributed by atoms with Crippen molar-refractivity contribution in [1.82, 2.24) is 4.31 Å². The van der Waals surface area contributed by atoms with Crippen LogP contribution in [0.15, 0.2) is 52.3 Å². The van der Waals surface area contributed by atoms with E-state index in [4.69, 9.17) is 8.92 Å². The highest BCUT2D eigenvalue weighted by atomic mass is 32.2. The summed E-state index contributed by atoms with van der Waals surface area (Å²) in [4.78, 5) is -0.100. The molecule has 1 aliphatic heterocycles. The molecule has 2 aromatic rings. The van der Waals surface area contributed by atoms with E-state index in [1.54, 1.807) is 19.9 Å². The van der Waals surface area contributed by atoms with Gasteiger partial charge in [-0.25, -0.2) is 8.42 Å². The largest absolute Gasteiger partial charge is 0.483 e. The van der Waals surface area contributed by atoms with Crippen LogP contribution < -0.4 is 8.92 Å². The molecule has 1 heterocycles. The van der Waals surface area contributed by atoms with Crippen molar-refractivity contribution >= 4 is 20.1 Å². The lowest BCUT2D eigenvalue weighted by molar-refractivity contribution is 0.136. The molecule has 0 atom stereocenters. The van der Waals surface area contributed by atoms with Crippen molar-refractivity contribution in [3.63, 3.8) is 0 Å². The number of hydrogen-bond donors (Lipinski definition) is 0. The van der Waals surface area contributed by atoms with E-state index in [2.05, 4.69) is 0 Å². The minimum absolute atomic E-state index is 0.0332. The standard InChI is InChI=1S/C20H25NO6S2/c1-5-21(6-2)28(22,23)16-10-12-17(13-11-16)29(24,25)27-18-9-7-8-15-14-20(3,4)26-19(15)18/h7-13H,5-6,14H2,1-4H3. The lowest BCUT2D eigenvalue weighted by atomic mass is 10.0. The highest BCUT2D eigenvalue weighted by Crippen LogP contribution is 2.42. The van der Waals surface area contributed by atoms with Gasteiger partial charge in [-0.3, -0.25) is 0 Å². The molecule has 0 spiro atoms. The number of benzene rings is 2. The molecule has 0 bridgehead atoms. The molecule has 1 aliphatic rings. The molecule has 0 unspecified atom stereocenters. The minimum atomic E-state index is -4.15. The third-order valence-corrected chi connectivity index (χ3v) is 8.02. The Morgan fingerprint density at radius 1 is 0.966 bits per heavy atom. The summed E-state index contributed by atoms with van der Waals surface area (Å²) in [6, 6.07) is 10.2. The van der Waals surface area contributed by atoms with Crippen LogP contribution in [-0.2, 0) is 26.6 Å². The van der Waals surface area contributed by atoms with E-state index in [-0.39, 0.29) is 15.5 Å². The van der Waals surface area contributed by atoms with Crippen molar-refractivity contribution < 1.29 is 25.8 Å². The van der Waals surface area contributed by atoms with E-state index < -0.39 is 25.7 Å². The summed E-state index contributed by atoms with van der Waals surface area (Å²) in [6.45, 7) is 7.99. The molecule has 0 aromatic heterocycles. The molecule has 9 heteroatoms. The van der Waals surface area contributed by atoms with Gasteiger partial charge in [-0.2, -0.15) is 12.7 Å². The number of ether oxygens (including phenoxy) is 1. The van der Waals surface area contributed by atoms with Crippen molar-refractivity contribution in [2.24, 2.45) is 0 Å². The van der Waals surface area contributed by atoms with E-state index in [0.29, 0.717) is 25.3 Å². The van der Waals surface area contributed by atoms with Gasteiger partial charge in [-0.1, -0.05) is 26.0 Å².